The minimum absolute atomic E-state index is 0.0656. The lowest BCUT2D eigenvalue weighted by atomic mass is 9.92. The Morgan fingerprint density at radius 1 is 1.19 bits per heavy atom. The first kappa shape index (κ1) is 24.4. The maximum Gasteiger partial charge on any atom is 0.225 e. The predicted molar refractivity (Wildman–Crippen MR) is 145 cm³/mol. The number of H-pyrrole nitrogens is 1. The van der Waals surface area contributed by atoms with E-state index in [4.69, 9.17) is 20.4 Å². The van der Waals surface area contributed by atoms with Gasteiger partial charge in [-0.1, -0.05) is 30.3 Å². The quantitative estimate of drug-likeness (QED) is 0.303. The van der Waals surface area contributed by atoms with Crippen LogP contribution in [0.2, 0.25) is 0 Å². The second-order valence-electron chi connectivity index (χ2n) is 9.37. The lowest BCUT2D eigenvalue weighted by Crippen LogP contribution is -2.47. The smallest absolute Gasteiger partial charge is 0.225 e. The Labute approximate surface area is 215 Å². The standard InChI is InChI=1S/C27H32N8O2/c1-16-9-10-18(26(36)30-14-17-7-5-4-6-8-17)15-35(16)23-13-20(31-27(29-2)32-23)19-11-21-24(22(12-19)37-3)25(28)34-33-21/h4-8,11-13,16,18H,9-10,14-15H2,1-3H3,(H,30,36)(H3,28,33,34)(H,29,31,32)/t16-,18+/m1/s1. The summed E-state index contributed by atoms with van der Waals surface area (Å²) in [5, 5.41) is 14.0. The van der Waals surface area contributed by atoms with Gasteiger partial charge in [0.1, 0.15) is 11.6 Å². The molecule has 2 aromatic heterocycles. The molecule has 0 radical (unpaired) electrons. The second-order valence-corrected chi connectivity index (χ2v) is 9.37. The molecule has 192 valence electrons. The van der Waals surface area contributed by atoms with Crippen molar-refractivity contribution in [3.8, 4) is 17.0 Å². The Balaban J connectivity index is 1.42. The molecular weight excluding hydrogens is 468 g/mol. The van der Waals surface area contributed by atoms with Crippen molar-refractivity contribution < 1.29 is 9.53 Å². The zero-order valence-electron chi connectivity index (χ0n) is 21.3. The molecule has 37 heavy (non-hydrogen) atoms. The van der Waals surface area contributed by atoms with Gasteiger partial charge in [0, 0.05) is 37.8 Å². The minimum atomic E-state index is -0.124. The van der Waals surface area contributed by atoms with E-state index < -0.39 is 0 Å². The van der Waals surface area contributed by atoms with Crippen molar-refractivity contribution >= 4 is 34.4 Å². The molecule has 1 saturated heterocycles. The van der Waals surface area contributed by atoms with Gasteiger partial charge in [0.05, 0.1) is 29.6 Å². The lowest BCUT2D eigenvalue weighted by molar-refractivity contribution is -0.125. The molecule has 1 fully saturated rings. The van der Waals surface area contributed by atoms with E-state index in [-0.39, 0.29) is 17.9 Å². The van der Waals surface area contributed by atoms with Crippen LogP contribution in [0, 0.1) is 5.92 Å². The number of carbonyl (C=O) groups excluding carboxylic acids is 1. The number of nitrogens with zero attached hydrogens (tertiary/aromatic N) is 4. The third-order valence-corrected chi connectivity index (χ3v) is 6.96. The van der Waals surface area contributed by atoms with E-state index in [1.165, 1.54) is 0 Å². The zero-order chi connectivity index (χ0) is 25.9. The number of nitrogen functional groups attached to an aromatic ring is 1. The van der Waals surface area contributed by atoms with Crippen LogP contribution in [0.4, 0.5) is 17.6 Å². The normalized spacial score (nSPS) is 17.5. The first-order valence-corrected chi connectivity index (χ1v) is 12.4. The number of amides is 1. The molecule has 0 spiro atoms. The molecule has 1 aliphatic heterocycles. The molecule has 1 amide bonds. The number of benzene rings is 2. The van der Waals surface area contributed by atoms with E-state index in [9.17, 15) is 4.79 Å². The number of rotatable bonds is 7. The number of piperidine rings is 1. The number of ether oxygens (including phenoxy) is 1. The molecule has 3 heterocycles. The van der Waals surface area contributed by atoms with Gasteiger partial charge in [0.15, 0.2) is 5.82 Å². The summed E-state index contributed by atoms with van der Waals surface area (Å²) < 4.78 is 5.59. The Kier molecular flexibility index (Phi) is 6.80. The van der Waals surface area contributed by atoms with Gasteiger partial charge in [-0.2, -0.15) is 10.1 Å². The maximum absolute atomic E-state index is 13.0. The van der Waals surface area contributed by atoms with Gasteiger partial charge in [-0.05, 0) is 37.5 Å². The van der Waals surface area contributed by atoms with E-state index in [0.29, 0.717) is 30.6 Å². The second kappa shape index (κ2) is 10.3. The van der Waals surface area contributed by atoms with E-state index in [1.54, 1.807) is 14.2 Å². The summed E-state index contributed by atoms with van der Waals surface area (Å²) in [6.45, 7) is 3.28. The Morgan fingerprint density at radius 2 is 2.00 bits per heavy atom. The Bertz CT molecular complexity index is 1400. The number of aromatic nitrogens is 4. The monoisotopic (exact) mass is 500 g/mol. The number of nitrogens with two attached hydrogens (primary N) is 1. The fraction of sp³-hybridized carbons (Fsp3) is 0.333. The highest BCUT2D eigenvalue weighted by Gasteiger charge is 2.31. The molecular formula is C27H32N8O2. The molecule has 2 atom stereocenters. The molecule has 2 aromatic carbocycles. The molecule has 0 bridgehead atoms. The lowest BCUT2D eigenvalue weighted by Gasteiger charge is -2.38. The summed E-state index contributed by atoms with van der Waals surface area (Å²) >= 11 is 0. The van der Waals surface area contributed by atoms with Crippen LogP contribution < -0.4 is 26.0 Å². The van der Waals surface area contributed by atoms with Crippen molar-refractivity contribution in [2.24, 2.45) is 5.92 Å². The van der Waals surface area contributed by atoms with Crippen molar-refractivity contribution in [3.05, 3.63) is 54.1 Å². The van der Waals surface area contributed by atoms with Crippen molar-refractivity contribution in [3.63, 3.8) is 0 Å². The SMILES string of the molecule is CNc1nc(-c2cc(OC)c3c(N)n[nH]c3c2)cc(N2C[C@@H](C(=O)NCc3ccccc3)CC[C@H]2C)n1. The predicted octanol–water partition coefficient (Wildman–Crippen LogP) is 3.57. The highest BCUT2D eigenvalue weighted by molar-refractivity contribution is 5.97. The van der Waals surface area contributed by atoms with Crippen LogP contribution >= 0.6 is 0 Å². The number of hydrogen-bond acceptors (Lipinski definition) is 8. The van der Waals surface area contributed by atoms with Crippen molar-refractivity contribution in [2.75, 3.05) is 36.7 Å². The van der Waals surface area contributed by atoms with Crippen LogP contribution in [-0.4, -0.2) is 52.8 Å². The zero-order valence-corrected chi connectivity index (χ0v) is 21.3. The Hall–Kier alpha value is -4.34. The molecule has 5 N–H and O–H groups in total. The molecule has 10 heteroatoms. The van der Waals surface area contributed by atoms with E-state index in [2.05, 4.69) is 32.7 Å². The van der Waals surface area contributed by atoms with Crippen LogP contribution in [-0.2, 0) is 11.3 Å². The van der Waals surface area contributed by atoms with Gasteiger partial charge in [-0.3, -0.25) is 9.89 Å². The van der Waals surface area contributed by atoms with Crippen LogP contribution in [0.1, 0.15) is 25.3 Å². The average molecular weight is 501 g/mol. The highest BCUT2D eigenvalue weighted by Crippen LogP contribution is 2.36. The summed E-state index contributed by atoms with van der Waals surface area (Å²) in [7, 11) is 3.40. The summed E-state index contributed by atoms with van der Waals surface area (Å²) in [5.74, 6) is 2.21. The van der Waals surface area contributed by atoms with E-state index >= 15 is 0 Å². The molecule has 0 saturated carbocycles. The number of aromatic amines is 1. The number of carbonyl (C=O) groups is 1. The third-order valence-electron chi connectivity index (χ3n) is 6.96. The maximum atomic E-state index is 13.0. The molecule has 0 unspecified atom stereocenters. The van der Waals surface area contributed by atoms with E-state index in [1.807, 2.05) is 48.5 Å². The summed E-state index contributed by atoms with van der Waals surface area (Å²) in [4.78, 5) is 24.7. The first-order chi connectivity index (χ1) is 18.0. The van der Waals surface area contributed by atoms with Crippen LogP contribution in [0.5, 0.6) is 5.75 Å². The molecule has 5 rings (SSSR count). The van der Waals surface area contributed by atoms with Crippen molar-refractivity contribution in [1.82, 2.24) is 25.5 Å². The van der Waals surface area contributed by atoms with Crippen LogP contribution in [0.3, 0.4) is 0 Å². The van der Waals surface area contributed by atoms with Gasteiger partial charge in [0.25, 0.3) is 0 Å². The fourth-order valence-electron chi connectivity index (χ4n) is 4.86. The summed E-state index contributed by atoms with van der Waals surface area (Å²) in [6.07, 6.45) is 1.73. The van der Waals surface area contributed by atoms with Crippen LogP contribution in [0.25, 0.3) is 22.2 Å². The fourth-order valence-corrected chi connectivity index (χ4v) is 4.86. The molecule has 4 aromatic rings. The van der Waals surface area contributed by atoms with Gasteiger partial charge in [0.2, 0.25) is 11.9 Å². The molecule has 10 nitrogen and oxygen atoms in total. The summed E-state index contributed by atoms with van der Waals surface area (Å²) in [6, 6.07) is 16.0. The topological polar surface area (TPSA) is 134 Å². The van der Waals surface area contributed by atoms with Crippen LogP contribution in [0.15, 0.2) is 48.5 Å². The van der Waals surface area contributed by atoms with Gasteiger partial charge in [-0.15, -0.1) is 0 Å². The molecule has 0 aliphatic carbocycles. The highest BCUT2D eigenvalue weighted by atomic mass is 16.5. The number of anilines is 3. The van der Waals surface area contributed by atoms with Gasteiger partial charge in [-0.25, -0.2) is 4.98 Å². The minimum Gasteiger partial charge on any atom is -0.496 e. The van der Waals surface area contributed by atoms with Crippen molar-refractivity contribution in [2.45, 2.75) is 32.4 Å². The third kappa shape index (κ3) is 5.00. The number of hydrogen-bond donors (Lipinski definition) is 4. The first-order valence-electron chi connectivity index (χ1n) is 12.4. The molecule has 1 aliphatic rings. The Morgan fingerprint density at radius 3 is 2.76 bits per heavy atom. The summed E-state index contributed by atoms with van der Waals surface area (Å²) in [5.41, 5.74) is 9.44. The van der Waals surface area contributed by atoms with Crippen molar-refractivity contribution in [1.29, 1.82) is 0 Å². The van der Waals surface area contributed by atoms with E-state index in [0.717, 1.165) is 46.4 Å². The van der Waals surface area contributed by atoms with Gasteiger partial charge >= 0.3 is 0 Å². The van der Waals surface area contributed by atoms with Gasteiger partial charge < -0.3 is 26.0 Å². The number of fused-ring (bicyclic) bond motifs is 1. The number of methoxy groups -OCH3 is 1. The number of nitrogens with one attached hydrogen (secondary N) is 3. The average Bonchev–Trinajstić information content (AvgIpc) is 3.32. The largest absolute Gasteiger partial charge is 0.496 e.